The lowest BCUT2D eigenvalue weighted by Gasteiger charge is -2.42. The van der Waals surface area contributed by atoms with Crippen LogP contribution in [-0.4, -0.2) is 47.3 Å². The molecule has 0 aliphatic carbocycles. The Morgan fingerprint density at radius 1 is 1.60 bits per heavy atom. The molecule has 1 aliphatic rings. The molecule has 0 aromatic heterocycles. The fourth-order valence-electron chi connectivity index (χ4n) is 2.38. The topological polar surface area (TPSA) is 49.8 Å². The Bertz CT molecular complexity index is 521. The van der Waals surface area contributed by atoms with Crippen molar-refractivity contribution in [1.29, 1.82) is 0 Å². The van der Waals surface area contributed by atoms with E-state index in [9.17, 15) is 14.3 Å². The summed E-state index contributed by atoms with van der Waals surface area (Å²) in [6, 6.07) is 4.63. The van der Waals surface area contributed by atoms with Crippen molar-refractivity contribution in [1.82, 2.24) is 4.90 Å². The first-order chi connectivity index (χ1) is 9.34. The first-order valence-electron chi connectivity index (χ1n) is 6.36. The predicted molar refractivity (Wildman–Crippen MR) is 76.0 cm³/mol. The standard InChI is InChI=1S/C14H17BrFNO3/c1-14(2)8-17(6-9(7-18)20-14)13(19)10-4-3-5-11(15)12(10)16/h3-5,9,18H,6-8H2,1-2H3. The summed E-state index contributed by atoms with van der Waals surface area (Å²) in [7, 11) is 0. The number of halogens is 2. The van der Waals surface area contributed by atoms with Gasteiger partial charge in [0.05, 0.1) is 28.3 Å². The summed E-state index contributed by atoms with van der Waals surface area (Å²) in [4.78, 5) is 14.0. The Kier molecular flexibility index (Phi) is 4.46. The fraction of sp³-hybridized carbons (Fsp3) is 0.500. The van der Waals surface area contributed by atoms with Crippen LogP contribution in [0, 0.1) is 5.82 Å². The molecule has 20 heavy (non-hydrogen) atoms. The largest absolute Gasteiger partial charge is 0.394 e. The third-order valence-corrected chi connectivity index (χ3v) is 3.77. The van der Waals surface area contributed by atoms with Gasteiger partial charge in [-0.05, 0) is 41.9 Å². The van der Waals surface area contributed by atoms with E-state index in [-0.39, 0.29) is 23.2 Å². The number of ether oxygens (including phenoxy) is 1. The van der Waals surface area contributed by atoms with Crippen LogP contribution in [-0.2, 0) is 4.74 Å². The number of aliphatic hydroxyl groups is 1. The predicted octanol–water partition coefficient (Wildman–Crippen LogP) is 2.20. The number of carbonyl (C=O) groups is 1. The van der Waals surface area contributed by atoms with Crippen LogP contribution < -0.4 is 0 Å². The molecule has 1 aliphatic heterocycles. The molecule has 0 spiro atoms. The minimum Gasteiger partial charge on any atom is -0.394 e. The van der Waals surface area contributed by atoms with Crippen molar-refractivity contribution in [3.63, 3.8) is 0 Å². The molecule has 1 N–H and O–H groups in total. The Morgan fingerprint density at radius 2 is 2.30 bits per heavy atom. The number of nitrogens with zero attached hydrogens (tertiary/aromatic N) is 1. The highest BCUT2D eigenvalue weighted by Gasteiger charge is 2.36. The molecule has 0 saturated carbocycles. The Hall–Kier alpha value is -0.980. The summed E-state index contributed by atoms with van der Waals surface area (Å²) < 4.78 is 19.9. The molecule has 1 saturated heterocycles. The van der Waals surface area contributed by atoms with Crippen LogP contribution in [0.15, 0.2) is 22.7 Å². The molecular weight excluding hydrogens is 329 g/mol. The molecule has 1 atom stereocenters. The Balaban J connectivity index is 2.26. The van der Waals surface area contributed by atoms with E-state index in [1.165, 1.54) is 11.0 Å². The van der Waals surface area contributed by atoms with Crippen LogP contribution in [0.3, 0.4) is 0 Å². The monoisotopic (exact) mass is 345 g/mol. The maximum absolute atomic E-state index is 14.0. The summed E-state index contributed by atoms with van der Waals surface area (Å²) in [5, 5.41) is 9.25. The first-order valence-corrected chi connectivity index (χ1v) is 7.15. The minimum atomic E-state index is -0.567. The van der Waals surface area contributed by atoms with Crippen molar-refractivity contribution >= 4 is 21.8 Å². The molecule has 0 radical (unpaired) electrons. The van der Waals surface area contributed by atoms with Gasteiger partial charge in [0.25, 0.3) is 5.91 Å². The van der Waals surface area contributed by atoms with Gasteiger partial charge in [0.1, 0.15) is 5.82 Å². The number of benzene rings is 1. The van der Waals surface area contributed by atoms with Crippen molar-refractivity contribution in [2.75, 3.05) is 19.7 Å². The second kappa shape index (κ2) is 5.79. The van der Waals surface area contributed by atoms with Gasteiger partial charge in [0, 0.05) is 13.1 Å². The van der Waals surface area contributed by atoms with E-state index in [0.717, 1.165) is 0 Å². The number of amides is 1. The van der Waals surface area contributed by atoms with Crippen molar-refractivity contribution in [3.05, 3.63) is 34.1 Å². The summed E-state index contributed by atoms with van der Waals surface area (Å²) in [6.07, 6.45) is -0.446. The molecule has 2 rings (SSSR count). The van der Waals surface area contributed by atoms with E-state index in [2.05, 4.69) is 15.9 Å². The lowest BCUT2D eigenvalue weighted by molar-refractivity contribution is -0.139. The van der Waals surface area contributed by atoms with Gasteiger partial charge < -0.3 is 14.7 Å². The van der Waals surface area contributed by atoms with Crippen molar-refractivity contribution in [2.45, 2.75) is 25.6 Å². The molecule has 1 fully saturated rings. The molecule has 1 aromatic carbocycles. The lowest BCUT2D eigenvalue weighted by atomic mass is 10.0. The summed E-state index contributed by atoms with van der Waals surface area (Å²) in [6.45, 7) is 4.12. The molecule has 0 bridgehead atoms. The van der Waals surface area contributed by atoms with Gasteiger partial charge in [-0.25, -0.2) is 4.39 Å². The van der Waals surface area contributed by atoms with Crippen LogP contribution >= 0.6 is 15.9 Å². The number of hydrogen-bond donors (Lipinski definition) is 1. The van der Waals surface area contributed by atoms with Gasteiger partial charge in [0.2, 0.25) is 0 Å². The molecular formula is C14H17BrFNO3. The van der Waals surface area contributed by atoms with E-state index >= 15 is 0 Å². The highest BCUT2D eigenvalue weighted by molar-refractivity contribution is 9.10. The summed E-state index contributed by atoms with van der Waals surface area (Å²) in [5.74, 6) is -0.957. The average molecular weight is 346 g/mol. The van der Waals surface area contributed by atoms with Crippen molar-refractivity contribution in [2.24, 2.45) is 0 Å². The quantitative estimate of drug-likeness (QED) is 0.893. The molecule has 1 heterocycles. The van der Waals surface area contributed by atoms with Gasteiger partial charge in [-0.1, -0.05) is 6.07 Å². The van der Waals surface area contributed by atoms with Crippen LogP contribution in [0.1, 0.15) is 24.2 Å². The summed E-state index contributed by atoms with van der Waals surface area (Å²) in [5.41, 5.74) is -0.544. The van der Waals surface area contributed by atoms with Crippen LogP contribution in [0.2, 0.25) is 0 Å². The number of hydrogen-bond acceptors (Lipinski definition) is 3. The van der Waals surface area contributed by atoms with Gasteiger partial charge in [-0.2, -0.15) is 0 Å². The number of carbonyl (C=O) groups excluding carboxylic acids is 1. The fourth-order valence-corrected chi connectivity index (χ4v) is 2.75. The third kappa shape index (κ3) is 3.19. The second-order valence-electron chi connectivity index (χ2n) is 5.47. The first kappa shape index (κ1) is 15.4. The van der Waals surface area contributed by atoms with Gasteiger partial charge in [0.15, 0.2) is 0 Å². The zero-order valence-electron chi connectivity index (χ0n) is 11.4. The van der Waals surface area contributed by atoms with Crippen LogP contribution in [0.5, 0.6) is 0 Å². The molecule has 1 unspecified atom stereocenters. The molecule has 1 amide bonds. The van der Waals surface area contributed by atoms with E-state index in [1.807, 2.05) is 13.8 Å². The average Bonchev–Trinajstić information content (AvgIpc) is 2.39. The molecule has 110 valence electrons. The maximum atomic E-state index is 14.0. The molecule has 4 nitrogen and oxygen atoms in total. The zero-order chi connectivity index (χ0) is 14.9. The lowest BCUT2D eigenvalue weighted by Crippen LogP contribution is -2.55. The van der Waals surface area contributed by atoms with Gasteiger partial charge >= 0.3 is 0 Å². The smallest absolute Gasteiger partial charge is 0.257 e. The van der Waals surface area contributed by atoms with E-state index in [4.69, 9.17) is 4.74 Å². The highest BCUT2D eigenvalue weighted by Crippen LogP contribution is 2.25. The second-order valence-corrected chi connectivity index (χ2v) is 6.32. The number of aliphatic hydroxyl groups excluding tert-OH is 1. The number of rotatable bonds is 2. The van der Waals surface area contributed by atoms with Gasteiger partial charge in [-0.15, -0.1) is 0 Å². The summed E-state index contributed by atoms with van der Waals surface area (Å²) >= 11 is 3.08. The zero-order valence-corrected chi connectivity index (χ0v) is 13.0. The van der Waals surface area contributed by atoms with Gasteiger partial charge in [-0.3, -0.25) is 4.79 Å². The van der Waals surface area contributed by atoms with Crippen molar-refractivity contribution < 1.29 is 19.0 Å². The molecule has 1 aromatic rings. The van der Waals surface area contributed by atoms with E-state index < -0.39 is 23.4 Å². The van der Waals surface area contributed by atoms with E-state index in [0.29, 0.717) is 6.54 Å². The third-order valence-electron chi connectivity index (χ3n) is 3.15. The highest BCUT2D eigenvalue weighted by atomic mass is 79.9. The minimum absolute atomic E-state index is 0.0220. The molecule has 6 heteroatoms. The Morgan fingerprint density at radius 3 is 2.95 bits per heavy atom. The Labute approximate surface area is 125 Å². The van der Waals surface area contributed by atoms with Crippen LogP contribution in [0.4, 0.5) is 4.39 Å². The van der Waals surface area contributed by atoms with Crippen LogP contribution in [0.25, 0.3) is 0 Å². The maximum Gasteiger partial charge on any atom is 0.257 e. The SMILES string of the molecule is CC1(C)CN(C(=O)c2cccc(Br)c2F)CC(CO)O1. The van der Waals surface area contributed by atoms with E-state index in [1.54, 1.807) is 12.1 Å². The normalized spacial score (nSPS) is 21.9. The van der Waals surface area contributed by atoms with Crippen molar-refractivity contribution in [3.8, 4) is 0 Å². The number of morpholine rings is 1.